The number of nitrogens with one attached hydrogen (secondary N) is 2. The number of fused-ring (bicyclic) bond motifs is 3. The first-order chi connectivity index (χ1) is 13.6. The molecule has 142 valence electrons. The number of H-pyrrole nitrogens is 1. The number of aromatic nitrogens is 2. The van der Waals surface area contributed by atoms with Gasteiger partial charge in [0, 0.05) is 23.8 Å². The summed E-state index contributed by atoms with van der Waals surface area (Å²) >= 11 is 0. The largest absolute Gasteiger partial charge is 0.346 e. The van der Waals surface area contributed by atoms with Crippen molar-refractivity contribution in [3.8, 4) is 0 Å². The normalized spacial score (nSPS) is 23.4. The summed E-state index contributed by atoms with van der Waals surface area (Å²) in [5.41, 5.74) is 2.34. The van der Waals surface area contributed by atoms with Crippen molar-refractivity contribution in [3.05, 3.63) is 59.9 Å². The summed E-state index contributed by atoms with van der Waals surface area (Å²) in [5, 5.41) is 4.02. The monoisotopic (exact) mass is 374 g/mol. The van der Waals surface area contributed by atoms with Gasteiger partial charge in [-0.05, 0) is 42.7 Å². The van der Waals surface area contributed by atoms with Gasteiger partial charge < -0.3 is 15.2 Å². The van der Waals surface area contributed by atoms with Crippen LogP contribution < -0.4 is 5.32 Å². The zero-order chi connectivity index (χ0) is 19.3. The Balaban J connectivity index is 1.56. The maximum Gasteiger partial charge on any atom is 0.272 e. The number of amides is 2. The summed E-state index contributed by atoms with van der Waals surface area (Å²) in [4.78, 5) is 35.9. The van der Waals surface area contributed by atoms with Crippen molar-refractivity contribution in [2.24, 2.45) is 0 Å². The van der Waals surface area contributed by atoms with E-state index in [0.29, 0.717) is 24.3 Å². The van der Waals surface area contributed by atoms with Crippen LogP contribution in [-0.2, 0) is 10.2 Å². The number of hydrogen-bond donors (Lipinski definition) is 2. The number of carbonyl (C=O) groups excluding carboxylic acids is 2. The molecule has 0 aliphatic carbocycles. The number of carbonyl (C=O) groups is 2. The summed E-state index contributed by atoms with van der Waals surface area (Å²) < 4.78 is 0. The van der Waals surface area contributed by atoms with Gasteiger partial charge in [0.2, 0.25) is 5.91 Å². The molecular formula is C22H22N4O2. The Morgan fingerprint density at radius 3 is 2.96 bits per heavy atom. The van der Waals surface area contributed by atoms with Crippen LogP contribution >= 0.6 is 0 Å². The fourth-order valence-corrected chi connectivity index (χ4v) is 4.92. The van der Waals surface area contributed by atoms with Gasteiger partial charge in [-0.15, -0.1) is 0 Å². The molecule has 2 amide bonds. The second-order valence-corrected chi connectivity index (χ2v) is 7.64. The number of rotatable bonds is 3. The summed E-state index contributed by atoms with van der Waals surface area (Å²) in [7, 11) is 0. The summed E-state index contributed by atoms with van der Waals surface area (Å²) in [6, 6.07) is 13.3. The van der Waals surface area contributed by atoms with E-state index in [2.05, 4.69) is 22.2 Å². The average molecular weight is 374 g/mol. The number of anilines is 1. The SMILES string of the molecule is CCC[C@@H]1N(C(=O)c2ccc3cc[nH]c3n2)CC[C@]12C(=O)Nc1ccccc12. The molecule has 1 saturated heterocycles. The smallest absolute Gasteiger partial charge is 0.272 e. The lowest BCUT2D eigenvalue weighted by atomic mass is 9.73. The standard InChI is InChI=1S/C22H22N4O2/c1-2-5-18-22(15-6-3-4-7-16(15)25-21(22)28)11-13-26(18)20(27)17-9-8-14-10-12-23-19(14)24-17/h3-4,6-10,12,18H,2,5,11,13H2,1H3,(H,23,24)(H,25,28)/t18-,22+/m0/s1. The predicted molar refractivity (Wildman–Crippen MR) is 107 cm³/mol. The number of para-hydroxylation sites is 1. The number of hydrogen-bond acceptors (Lipinski definition) is 3. The molecule has 2 aliphatic rings. The lowest BCUT2D eigenvalue weighted by Gasteiger charge is -2.33. The highest BCUT2D eigenvalue weighted by atomic mass is 16.2. The summed E-state index contributed by atoms with van der Waals surface area (Å²) in [6.07, 6.45) is 4.13. The van der Waals surface area contributed by atoms with E-state index >= 15 is 0 Å². The lowest BCUT2D eigenvalue weighted by Crippen LogP contribution is -2.48. The van der Waals surface area contributed by atoms with Crippen molar-refractivity contribution in [1.82, 2.24) is 14.9 Å². The van der Waals surface area contributed by atoms with E-state index in [4.69, 9.17) is 0 Å². The minimum Gasteiger partial charge on any atom is -0.346 e. The van der Waals surface area contributed by atoms with Gasteiger partial charge >= 0.3 is 0 Å². The molecule has 1 spiro atoms. The third-order valence-corrected chi connectivity index (χ3v) is 6.20. The first-order valence-electron chi connectivity index (χ1n) is 9.81. The molecule has 2 atom stereocenters. The molecule has 6 heteroatoms. The van der Waals surface area contributed by atoms with Crippen molar-refractivity contribution in [1.29, 1.82) is 0 Å². The zero-order valence-electron chi connectivity index (χ0n) is 15.7. The van der Waals surface area contributed by atoms with Crippen molar-refractivity contribution in [2.45, 2.75) is 37.6 Å². The fourth-order valence-electron chi connectivity index (χ4n) is 4.92. The van der Waals surface area contributed by atoms with E-state index in [-0.39, 0.29) is 17.9 Å². The molecule has 28 heavy (non-hydrogen) atoms. The highest BCUT2D eigenvalue weighted by Gasteiger charge is 2.58. The highest BCUT2D eigenvalue weighted by molar-refractivity contribution is 6.08. The van der Waals surface area contributed by atoms with Crippen LogP contribution in [0.2, 0.25) is 0 Å². The van der Waals surface area contributed by atoms with Gasteiger partial charge in [0.25, 0.3) is 5.91 Å². The van der Waals surface area contributed by atoms with Crippen LogP contribution in [-0.4, -0.2) is 39.3 Å². The molecule has 5 rings (SSSR count). The summed E-state index contributed by atoms with van der Waals surface area (Å²) in [6.45, 7) is 2.65. The molecule has 0 unspecified atom stereocenters. The highest BCUT2D eigenvalue weighted by Crippen LogP contribution is 2.49. The van der Waals surface area contributed by atoms with E-state index in [9.17, 15) is 9.59 Å². The molecule has 2 aliphatic heterocycles. The molecular weight excluding hydrogens is 352 g/mol. The van der Waals surface area contributed by atoms with Crippen LogP contribution in [0.4, 0.5) is 5.69 Å². The van der Waals surface area contributed by atoms with E-state index in [0.717, 1.165) is 29.5 Å². The van der Waals surface area contributed by atoms with E-state index in [1.165, 1.54) is 0 Å². The third-order valence-electron chi connectivity index (χ3n) is 6.20. The van der Waals surface area contributed by atoms with Gasteiger partial charge in [-0.2, -0.15) is 0 Å². The Morgan fingerprint density at radius 2 is 2.11 bits per heavy atom. The first kappa shape index (κ1) is 17.0. The number of pyridine rings is 1. The average Bonchev–Trinajstić information content (AvgIpc) is 3.39. The van der Waals surface area contributed by atoms with E-state index < -0.39 is 5.41 Å². The lowest BCUT2D eigenvalue weighted by molar-refractivity contribution is -0.121. The van der Waals surface area contributed by atoms with Gasteiger partial charge in [0.05, 0.1) is 11.5 Å². The second kappa shape index (κ2) is 6.19. The zero-order valence-corrected chi connectivity index (χ0v) is 15.7. The Hall–Kier alpha value is -3.15. The topological polar surface area (TPSA) is 78.1 Å². The van der Waals surface area contributed by atoms with Crippen molar-refractivity contribution >= 4 is 28.5 Å². The number of benzene rings is 1. The van der Waals surface area contributed by atoms with Gasteiger partial charge in [-0.25, -0.2) is 4.98 Å². The second-order valence-electron chi connectivity index (χ2n) is 7.64. The van der Waals surface area contributed by atoms with E-state index in [1.54, 1.807) is 6.07 Å². The van der Waals surface area contributed by atoms with Gasteiger partial charge in [-0.1, -0.05) is 31.5 Å². The summed E-state index contributed by atoms with van der Waals surface area (Å²) in [5.74, 6) is -0.0979. The minimum absolute atomic E-state index is 0.00947. The maximum atomic E-state index is 13.4. The molecule has 1 aromatic carbocycles. The van der Waals surface area contributed by atoms with Crippen molar-refractivity contribution in [3.63, 3.8) is 0 Å². The quantitative estimate of drug-likeness (QED) is 0.737. The van der Waals surface area contributed by atoms with Crippen LogP contribution in [0.1, 0.15) is 42.2 Å². The Morgan fingerprint density at radius 1 is 1.25 bits per heavy atom. The maximum absolute atomic E-state index is 13.4. The predicted octanol–water partition coefficient (Wildman–Crippen LogP) is 3.47. The molecule has 1 fully saturated rings. The Bertz CT molecular complexity index is 1090. The number of aromatic amines is 1. The molecule has 0 bridgehead atoms. The van der Waals surface area contributed by atoms with Gasteiger partial charge in [0.15, 0.2) is 0 Å². The third kappa shape index (κ3) is 2.24. The molecule has 6 nitrogen and oxygen atoms in total. The molecule has 0 saturated carbocycles. The minimum atomic E-state index is -0.668. The molecule has 2 aromatic heterocycles. The van der Waals surface area contributed by atoms with Crippen molar-refractivity contribution in [2.75, 3.05) is 11.9 Å². The first-order valence-corrected chi connectivity index (χ1v) is 9.81. The Kier molecular flexibility index (Phi) is 3.75. The van der Waals surface area contributed by atoms with Crippen LogP contribution in [0.25, 0.3) is 11.0 Å². The van der Waals surface area contributed by atoms with E-state index in [1.807, 2.05) is 47.5 Å². The molecule has 0 radical (unpaired) electrons. The molecule has 2 N–H and O–H groups in total. The van der Waals surface area contributed by atoms with Gasteiger partial charge in [0.1, 0.15) is 11.3 Å². The number of nitrogens with zero attached hydrogens (tertiary/aromatic N) is 2. The Labute approximate surface area is 163 Å². The van der Waals surface area contributed by atoms with Crippen LogP contribution in [0.15, 0.2) is 48.7 Å². The van der Waals surface area contributed by atoms with Crippen LogP contribution in [0, 0.1) is 0 Å². The molecule has 3 aromatic rings. The van der Waals surface area contributed by atoms with Crippen molar-refractivity contribution < 1.29 is 9.59 Å². The van der Waals surface area contributed by atoms with Crippen LogP contribution in [0.5, 0.6) is 0 Å². The van der Waals surface area contributed by atoms with Gasteiger partial charge in [-0.3, -0.25) is 9.59 Å². The van der Waals surface area contributed by atoms with Crippen LogP contribution in [0.3, 0.4) is 0 Å². The number of likely N-dealkylation sites (tertiary alicyclic amines) is 1. The molecule has 4 heterocycles. The fraction of sp³-hybridized carbons (Fsp3) is 0.318.